The van der Waals surface area contributed by atoms with Gasteiger partial charge in [-0.3, -0.25) is 9.59 Å². The minimum atomic E-state index is -0.517. The van der Waals surface area contributed by atoms with Crippen LogP contribution >= 0.6 is 0 Å². The Balaban J connectivity index is 0.000000160. The van der Waals surface area contributed by atoms with Crippen molar-refractivity contribution in [2.45, 2.75) is 78.0 Å². The lowest BCUT2D eigenvalue weighted by molar-refractivity contribution is 0.0293. The molecule has 8 heterocycles. The number of carbonyl (C=O) groups is 3. The lowest BCUT2D eigenvalue weighted by atomic mass is 10.1. The molecule has 4 aliphatic heterocycles. The molecule has 2 atom stereocenters. The van der Waals surface area contributed by atoms with Crippen LogP contribution in [0.1, 0.15) is 77.1 Å². The van der Waals surface area contributed by atoms with E-state index in [1.54, 1.807) is 4.90 Å². The van der Waals surface area contributed by atoms with Crippen LogP contribution in [0.15, 0.2) is 48.5 Å². The molecule has 0 bridgehead atoms. The van der Waals surface area contributed by atoms with Crippen LogP contribution in [0.2, 0.25) is 0 Å². The first kappa shape index (κ1) is 39.9. The number of aromatic nitrogens is 6. The summed E-state index contributed by atoms with van der Waals surface area (Å²) in [5.41, 5.74) is 11.4. The molecule has 2 aromatic carbocycles. The molecule has 0 unspecified atom stereocenters. The van der Waals surface area contributed by atoms with Gasteiger partial charge in [0.2, 0.25) is 0 Å². The molecular formula is C45H52N12O4. The zero-order valence-electron chi connectivity index (χ0n) is 35.2. The Kier molecular flexibility index (Phi) is 10.6. The third-order valence-corrected chi connectivity index (χ3v) is 11.5. The summed E-state index contributed by atoms with van der Waals surface area (Å²) >= 11 is 0. The number of nitrogens with zero attached hydrogens (tertiary/aromatic N) is 5. The number of fused-ring (bicyclic) bond motifs is 4. The van der Waals surface area contributed by atoms with Gasteiger partial charge in [-0.05, 0) is 78.3 Å². The van der Waals surface area contributed by atoms with Crippen molar-refractivity contribution in [1.82, 2.24) is 50.8 Å². The Morgan fingerprint density at radius 3 is 1.75 bits per heavy atom. The number of rotatable bonds is 6. The molecule has 6 aromatic rings. The normalized spacial score (nSPS) is 18.5. The van der Waals surface area contributed by atoms with Gasteiger partial charge in [-0.25, -0.2) is 24.7 Å². The first-order chi connectivity index (χ1) is 29.4. The molecule has 3 amide bonds. The molecule has 4 aliphatic rings. The van der Waals surface area contributed by atoms with Crippen LogP contribution in [-0.2, 0) is 17.6 Å². The quantitative estimate of drug-likeness (QED) is 0.110. The second-order valence-electron chi connectivity index (χ2n) is 17.2. The van der Waals surface area contributed by atoms with Gasteiger partial charge < -0.3 is 46.2 Å². The molecule has 0 spiro atoms. The van der Waals surface area contributed by atoms with E-state index in [1.807, 2.05) is 83.1 Å². The SMILES string of the molecule is Cc1nc2cccc(-c3cc4c([nH]3)CCNC4=O)c2nc1N[C@@H]1CCN(C(=O)OC(C)(C)C)C1.Cc1nc2cccc(-c3cc4c([nH]3)CCNC4=O)c2nc1N[C@@H]1CCNC1. The number of para-hydroxylation sites is 2. The fourth-order valence-electron chi connectivity index (χ4n) is 8.45. The number of hydrogen-bond donors (Lipinski definition) is 7. The summed E-state index contributed by atoms with van der Waals surface area (Å²) in [6.07, 6.45) is 3.19. The number of anilines is 2. The minimum Gasteiger partial charge on any atom is -0.444 e. The van der Waals surface area contributed by atoms with E-state index in [1.165, 1.54) is 0 Å². The molecule has 10 rings (SSSR count). The lowest BCUT2D eigenvalue weighted by Crippen LogP contribution is -2.36. The van der Waals surface area contributed by atoms with Gasteiger partial charge in [-0.2, -0.15) is 0 Å². The molecule has 61 heavy (non-hydrogen) atoms. The van der Waals surface area contributed by atoms with Gasteiger partial charge in [0, 0.05) is 91.6 Å². The average Bonchev–Trinajstić information content (AvgIpc) is 4.06. The van der Waals surface area contributed by atoms with E-state index in [-0.39, 0.29) is 23.9 Å². The second kappa shape index (κ2) is 16.1. The van der Waals surface area contributed by atoms with Crippen LogP contribution in [0, 0.1) is 13.8 Å². The largest absolute Gasteiger partial charge is 0.444 e. The fourth-order valence-corrected chi connectivity index (χ4v) is 8.45. The van der Waals surface area contributed by atoms with E-state index in [0.717, 1.165) is 118 Å². The third kappa shape index (κ3) is 8.31. The van der Waals surface area contributed by atoms with Crippen molar-refractivity contribution in [1.29, 1.82) is 0 Å². The summed E-state index contributed by atoms with van der Waals surface area (Å²) in [6, 6.07) is 16.1. The molecule has 16 heteroatoms. The van der Waals surface area contributed by atoms with E-state index in [2.05, 4.69) is 36.6 Å². The molecular weight excluding hydrogens is 773 g/mol. The first-order valence-corrected chi connectivity index (χ1v) is 21.1. The summed E-state index contributed by atoms with van der Waals surface area (Å²) in [5.74, 6) is 1.46. The van der Waals surface area contributed by atoms with Gasteiger partial charge in [0.05, 0.1) is 33.5 Å². The highest BCUT2D eigenvalue weighted by molar-refractivity contribution is 6.01. The number of amides is 3. The summed E-state index contributed by atoms with van der Waals surface area (Å²) in [7, 11) is 0. The van der Waals surface area contributed by atoms with E-state index < -0.39 is 5.60 Å². The monoisotopic (exact) mass is 824 g/mol. The number of aryl methyl sites for hydroxylation is 2. The highest BCUT2D eigenvalue weighted by Crippen LogP contribution is 2.32. The van der Waals surface area contributed by atoms with Gasteiger partial charge in [0.1, 0.15) is 28.3 Å². The summed E-state index contributed by atoms with van der Waals surface area (Å²) in [6.45, 7) is 14.0. The van der Waals surface area contributed by atoms with Crippen molar-refractivity contribution in [3.05, 3.63) is 82.4 Å². The Labute approximate surface area is 353 Å². The van der Waals surface area contributed by atoms with Crippen molar-refractivity contribution in [3.63, 3.8) is 0 Å². The smallest absolute Gasteiger partial charge is 0.410 e. The molecule has 7 N–H and O–H groups in total. The third-order valence-electron chi connectivity index (χ3n) is 11.5. The number of hydrogen-bond acceptors (Lipinski definition) is 11. The molecule has 0 radical (unpaired) electrons. The number of nitrogens with one attached hydrogen (secondary N) is 7. The van der Waals surface area contributed by atoms with Gasteiger partial charge in [0.15, 0.2) is 0 Å². The Morgan fingerprint density at radius 2 is 1.26 bits per heavy atom. The van der Waals surface area contributed by atoms with Crippen molar-refractivity contribution in [2.75, 3.05) is 49.9 Å². The number of likely N-dealkylation sites (tertiary alicyclic amines) is 1. The fraction of sp³-hybridized carbons (Fsp3) is 0.400. The number of ether oxygens (including phenoxy) is 1. The van der Waals surface area contributed by atoms with E-state index in [9.17, 15) is 14.4 Å². The van der Waals surface area contributed by atoms with E-state index >= 15 is 0 Å². The van der Waals surface area contributed by atoms with Crippen LogP contribution in [0.3, 0.4) is 0 Å². The van der Waals surface area contributed by atoms with Gasteiger partial charge in [-0.1, -0.05) is 24.3 Å². The van der Waals surface area contributed by atoms with Crippen molar-refractivity contribution in [3.8, 4) is 22.5 Å². The molecule has 2 fully saturated rings. The molecule has 0 aliphatic carbocycles. The molecule has 4 aromatic heterocycles. The summed E-state index contributed by atoms with van der Waals surface area (Å²) < 4.78 is 5.51. The van der Waals surface area contributed by atoms with E-state index in [0.29, 0.717) is 43.6 Å². The maximum atomic E-state index is 12.4. The van der Waals surface area contributed by atoms with Crippen LogP contribution in [0.25, 0.3) is 44.6 Å². The predicted molar refractivity (Wildman–Crippen MR) is 235 cm³/mol. The lowest BCUT2D eigenvalue weighted by Gasteiger charge is -2.24. The average molecular weight is 825 g/mol. The highest BCUT2D eigenvalue weighted by atomic mass is 16.6. The van der Waals surface area contributed by atoms with Gasteiger partial charge in [-0.15, -0.1) is 0 Å². The molecule has 0 saturated carbocycles. The maximum absolute atomic E-state index is 12.4. The molecule has 316 valence electrons. The molecule has 16 nitrogen and oxygen atoms in total. The molecule has 2 saturated heterocycles. The van der Waals surface area contributed by atoms with Gasteiger partial charge in [0.25, 0.3) is 11.8 Å². The number of H-pyrrole nitrogens is 2. The maximum Gasteiger partial charge on any atom is 0.410 e. The van der Waals surface area contributed by atoms with Crippen molar-refractivity contribution < 1.29 is 19.1 Å². The van der Waals surface area contributed by atoms with Crippen LogP contribution in [0.4, 0.5) is 16.4 Å². The Morgan fingerprint density at radius 1 is 0.721 bits per heavy atom. The Bertz CT molecular complexity index is 2670. The highest BCUT2D eigenvalue weighted by Gasteiger charge is 2.31. The van der Waals surface area contributed by atoms with Crippen molar-refractivity contribution >= 4 is 51.6 Å². The van der Waals surface area contributed by atoms with E-state index in [4.69, 9.17) is 24.7 Å². The zero-order valence-corrected chi connectivity index (χ0v) is 35.2. The number of carbonyl (C=O) groups excluding carboxylic acids is 3. The second-order valence-corrected chi connectivity index (χ2v) is 17.2. The minimum absolute atomic E-state index is 0.0167. The summed E-state index contributed by atoms with van der Waals surface area (Å²) in [5, 5.41) is 16.2. The topological polar surface area (TPSA) is 207 Å². The zero-order chi connectivity index (χ0) is 42.4. The summed E-state index contributed by atoms with van der Waals surface area (Å²) in [4.78, 5) is 64.7. The first-order valence-electron chi connectivity index (χ1n) is 21.1. The number of benzene rings is 2. The Hall–Kier alpha value is -6.55. The van der Waals surface area contributed by atoms with Crippen molar-refractivity contribution in [2.24, 2.45) is 0 Å². The standard InChI is InChI=1S/C25H30N6O3.C20H22N6O/c1-14-22(28-15-9-11-31(13-15)24(33)34-25(2,3)4)30-21-16(6-5-7-19(21)27-14)20-12-17-18(29-20)8-10-26-23(17)32;1-11-19(24-12-5-7-21-10-12)26-18-13(3-2-4-16(18)23-11)17-9-14-15(25-17)6-8-22-20(14)27/h5-7,12,15,29H,8-11,13H2,1-4H3,(H,26,32)(H,28,30);2-4,9,12,21,25H,5-8,10H2,1H3,(H,22,27)(H,24,26)/t15-;12-/m11/s1. The van der Waals surface area contributed by atoms with Crippen LogP contribution in [-0.4, -0.2) is 110 Å². The van der Waals surface area contributed by atoms with Crippen LogP contribution < -0.4 is 26.6 Å². The number of aromatic amines is 2. The predicted octanol–water partition coefficient (Wildman–Crippen LogP) is 5.63. The van der Waals surface area contributed by atoms with Gasteiger partial charge >= 0.3 is 6.09 Å². The van der Waals surface area contributed by atoms with Crippen LogP contribution in [0.5, 0.6) is 0 Å².